The molecule has 0 saturated carbocycles. The Hall–Kier alpha value is -1.24. The molecule has 0 aromatic heterocycles. The first-order valence-corrected chi connectivity index (χ1v) is 4.64. The van der Waals surface area contributed by atoms with E-state index in [0.29, 0.717) is 6.04 Å². The fraction of sp³-hybridized carbons (Fsp3) is 0.333. The van der Waals surface area contributed by atoms with Gasteiger partial charge in [0.15, 0.2) is 0 Å². The van der Waals surface area contributed by atoms with Gasteiger partial charge < -0.3 is 4.90 Å². The predicted molar refractivity (Wildman–Crippen MR) is 59.1 cm³/mol. The van der Waals surface area contributed by atoms with E-state index < -0.39 is 0 Å². The van der Waals surface area contributed by atoms with Gasteiger partial charge in [0.05, 0.1) is 0 Å². The van der Waals surface area contributed by atoms with E-state index >= 15 is 0 Å². The van der Waals surface area contributed by atoms with Crippen LogP contribution in [0.25, 0.3) is 0 Å². The van der Waals surface area contributed by atoms with Crippen LogP contribution in [0.3, 0.4) is 0 Å². The van der Waals surface area contributed by atoms with Crippen molar-refractivity contribution in [2.45, 2.75) is 19.4 Å². The van der Waals surface area contributed by atoms with Crippen LogP contribution >= 0.6 is 0 Å². The van der Waals surface area contributed by atoms with E-state index in [1.165, 1.54) is 5.69 Å². The van der Waals surface area contributed by atoms with E-state index in [9.17, 15) is 0 Å². The molecule has 1 heteroatoms. The minimum absolute atomic E-state index is 0.514. The van der Waals surface area contributed by atoms with Crippen LogP contribution in [-0.2, 0) is 0 Å². The summed E-state index contributed by atoms with van der Waals surface area (Å²) < 4.78 is 0. The molecule has 1 rings (SSSR count). The van der Waals surface area contributed by atoms with Crippen molar-refractivity contribution in [3.63, 3.8) is 0 Å². The van der Waals surface area contributed by atoms with E-state index in [2.05, 4.69) is 49.7 Å². The lowest BCUT2D eigenvalue weighted by Crippen LogP contribution is -2.27. The van der Waals surface area contributed by atoms with Crippen LogP contribution in [0.2, 0.25) is 0 Å². The van der Waals surface area contributed by atoms with Gasteiger partial charge in [-0.3, -0.25) is 0 Å². The zero-order chi connectivity index (χ0) is 9.68. The summed E-state index contributed by atoms with van der Waals surface area (Å²) in [6, 6.07) is 10.9. The molecule has 0 heterocycles. The molecular weight excluding hydrogens is 158 g/mol. The van der Waals surface area contributed by atoms with Gasteiger partial charge in [-0.15, -0.1) is 6.58 Å². The maximum Gasteiger partial charge on any atom is 0.0366 e. The van der Waals surface area contributed by atoms with Crippen molar-refractivity contribution in [1.29, 1.82) is 0 Å². The molecule has 1 aromatic carbocycles. The molecule has 13 heavy (non-hydrogen) atoms. The Morgan fingerprint density at radius 2 is 2.00 bits per heavy atom. The van der Waals surface area contributed by atoms with Crippen molar-refractivity contribution in [2.24, 2.45) is 0 Å². The third-order valence-corrected chi connectivity index (χ3v) is 2.33. The molecule has 70 valence electrons. The molecule has 0 amide bonds. The normalized spacial score (nSPS) is 12.2. The summed E-state index contributed by atoms with van der Waals surface area (Å²) in [5, 5.41) is 0. The summed E-state index contributed by atoms with van der Waals surface area (Å²) in [7, 11) is 2.11. The maximum atomic E-state index is 3.75. The summed E-state index contributed by atoms with van der Waals surface area (Å²) in [6.45, 7) is 5.95. The second-order valence-electron chi connectivity index (χ2n) is 3.32. The van der Waals surface area contributed by atoms with Crippen LogP contribution in [0.5, 0.6) is 0 Å². The molecule has 0 N–H and O–H groups in total. The highest BCUT2D eigenvalue weighted by atomic mass is 15.1. The van der Waals surface area contributed by atoms with Crippen LogP contribution < -0.4 is 4.90 Å². The molecular formula is C12H17N. The van der Waals surface area contributed by atoms with Gasteiger partial charge in [-0.2, -0.15) is 0 Å². The number of nitrogens with zero attached hydrogens (tertiary/aromatic N) is 1. The number of hydrogen-bond donors (Lipinski definition) is 0. The topological polar surface area (TPSA) is 3.24 Å². The van der Waals surface area contributed by atoms with E-state index in [4.69, 9.17) is 0 Å². The first-order valence-electron chi connectivity index (χ1n) is 4.64. The minimum atomic E-state index is 0.514. The molecule has 0 radical (unpaired) electrons. The van der Waals surface area contributed by atoms with Crippen LogP contribution in [0.4, 0.5) is 5.69 Å². The summed E-state index contributed by atoms with van der Waals surface area (Å²) in [6.07, 6.45) is 2.98. The van der Waals surface area contributed by atoms with E-state index in [0.717, 1.165) is 6.42 Å². The Morgan fingerprint density at radius 3 is 2.54 bits per heavy atom. The molecule has 1 atom stereocenters. The Morgan fingerprint density at radius 1 is 1.38 bits per heavy atom. The third-order valence-electron chi connectivity index (χ3n) is 2.33. The highest BCUT2D eigenvalue weighted by Crippen LogP contribution is 2.15. The van der Waals surface area contributed by atoms with Gasteiger partial charge in [0.1, 0.15) is 0 Å². The van der Waals surface area contributed by atoms with Crippen LogP contribution in [0, 0.1) is 0 Å². The van der Waals surface area contributed by atoms with Crippen molar-refractivity contribution >= 4 is 5.69 Å². The highest BCUT2D eigenvalue weighted by Gasteiger charge is 2.06. The largest absolute Gasteiger partial charge is 0.372 e. The zero-order valence-electron chi connectivity index (χ0n) is 8.40. The quantitative estimate of drug-likeness (QED) is 0.636. The maximum absolute atomic E-state index is 3.75. The van der Waals surface area contributed by atoms with Gasteiger partial charge >= 0.3 is 0 Å². The average Bonchev–Trinajstić information content (AvgIpc) is 2.18. The first-order chi connectivity index (χ1) is 6.25. The molecule has 1 nitrogen and oxygen atoms in total. The van der Waals surface area contributed by atoms with Crippen molar-refractivity contribution in [3.8, 4) is 0 Å². The Bertz CT molecular complexity index is 253. The van der Waals surface area contributed by atoms with Gasteiger partial charge in [0, 0.05) is 18.8 Å². The molecule has 1 aromatic rings. The van der Waals surface area contributed by atoms with Crippen LogP contribution in [-0.4, -0.2) is 13.1 Å². The highest BCUT2D eigenvalue weighted by molar-refractivity contribution is 5.45. The second kappa shape index (κ2) is 4.70. The molecule has 0 bridgehead atoms. The smallest absolute Gasteiger partial charge is 0.0366 e. The number of para-hydroxylation sites is 1. The zero-order valence-corrected chi connectivity index (χ0v) is 8.40. The summed E-state index contributed by atoms with van der Waals surface area (Å²) in [5.41, 5.74) is 1.26. The SMILES string of the molecule is C=CCC(C)N(C)c1ccccc1. The fourth-order valence-electron chi connectivity index (χ4n) is 1.32. The van der Waals surface area contributed by atoms with Crippen LogP contribution in [0.1, 0.15) is 13.3 Å². The molecule has 0 aliphatic carbocycles. The number of rotatable bonds is 4. The minimum Gasteiger partial charge on any atom is -0.372 e. The lowest BCUT2D eigenvalue weighted by molar-refractivity contribution is 0.697. The van der Waals surface area contributed by atoms with Crippen molar-refractivity contribution < 1.29 is 0 Å². The Labute approximate surface area is 80.7 Å². The molecule has 0 spiro atoms. The molecule has 0 saturated heterocycles. The van der Waals surface area contributed by atoms with Crippen LogP contribution in [0.15, 0.2) is 43.0 Å². The number of anilines is 1. The summed E-state index contributed by atoms with van der Waals surface area (Å²) >= 11 is 0. The summed E-state index contributed by atoms with van der Waals surface area (Å²) in [5.74, 6) is 0. The molecule has 0 fully saturated rings. The third kappa shape index (κ3) is 2.62. The second-order valence-corrected chi connectivity index (χ2v) is 3.32. The fourth-order valence-corrected chi connectivity index (χ4v) is 1.32. The van der Waals surface area contributed by atoms with Crippen molar-refractivity contribution in [1.82, 2.24) is 0 Å². The molecule has 0 aliphatic rings. The number of benzene rings is 1. The monoisotopic (exact) mass is 175 g/mol. The predicted octanol–water partition coefficient (Wildman–Crippen LogP) is 3.09. The van der Waals surface area contributed by atoms with Gasteiger partial charge in [-0.1, -0.05) is 24.3 Å². The van der Waals surface area contributed by atoms with Gasteiger partial charge in [0.2, 0.25) is 0 Å². The molecule has 0 aliphatic heterocycles. The number of hydrogen-bond acceptors (Lipinski definition) is 1. The Balaban J connectivity index is 2.67. The van der Waals surface area contributed by atoms with Gasteiger partial charge in [-0.25, -0.2) is 0 Å². The standard InChI is InChI=1S/C12H17N/c1-4-8-11(2)13(3)12-9-6-5-7-10-12/h4-7,9-11H,1,8H2,2-3H3. The lowest BCUT2D eigenvalue weighted by atomic mass is 10.2. The first kappa shape index (κ1) is 9.85. The van der Waals surface area contributed by atoms with Crippen molar-refractivity contribution in [3.05, 3.63) is 43.0 Å². The van der Waals surface area contributed by atoms with E-state index in [-0.39, 0.29) is 0 Å². The van der Waals surface area contributed by atoms with Gasteiger partial charge in [0.25, 0.3) is 0 Å². The van der Waals surface area contributed by atoms with E-state index in [1.807, 2.05) is 12.1 Å². The van der Waals surface area contributed by atoms with E-state index in [1.54, 1.807) is 0 Å². The Kier molecular flexibility index (Phi) is 3.56. The lowest BCUT2D eigenvalue weighted by Gasteiger charge is -2.25. The van der Waals surface area contributed by atoms with Gasteiger partial charge in [-0.05, 0) is 25.5 Å². The summed E-state index contributed by atoms with van der Waals surface area (Å²) in [4.78, 5) is 2.27. The average molecular weight is 175 g/mol. The van der Waals surface area contributed by atoms with Crippen molar-refractivity contribution in [2.75, 3.05) is 11.9 Å². The molecule has 1 unspecified atom stereocenters.